The van der Waals surface area contributed by atoms with Crippen molar-refractivity contribution < 1.29 is 22.7 Å². The Kier molecular flexibility index (Phi) is 8.28. The third-order valence-electron chi connectivity index (χ3n) is 3.81. The van der Waals surface area contributed by atoms with Gasteiger partial charge in [-0.1, -0.05) is 19.1 Å². The quantitative estimate of drug-likeness (QED) is 0.560. The molecule has 28 heavy (non-hydrogen) atoms. The summed E-state index contributed by atoms with van der Waals surface area (Å²) < 4.78 is 37.9. The van der Waals surface area contributed by atoms with Crippen molar-refractivity contribution >= 4 is 21.6 Å². The van der Waals surface area contributed by atoms with Gasteiger partial charge in [-0.15, -0.1) is 0 Å². The highest BCUT2D eigenvalue weighted by molar-refractivity contribution is 7.92. The molecule has 0 spiro atoms. The van der Waals surface area contributed by atoms with Crippen molar-refractivity contribution in [3.63, 3.8) is 0 Å². The lowest BCUT2D eigenvalue weighted by atomic mass is 10.1. The molecule has 0 heterocycles. The Labute approximate surface area is 166 Å². The van der Waals surface area contributed by atoms with Gasteiger partial charge < -0.3 is 14.8 Å². The number of anilines is 1. The number of hydrogen-bond donors (Lipinski definition) is 2. The standard InChI is InChI=1S/C20H26N2O5S/c1-3-13-27-18-8-10-19(11-9-18)28(24,25)22-17-6-4-16(5-7-17)15-20(23)21-12-14-26-2/h4-11,22H,3,12-15H2,1-2H3,(H,21,23). The second-order valence-corrected chi connectivity index (χ2v) is 7.82. The zero-order valence-electron chi connectivity index (χ0n) is 16.1. The number of rotatable bonds is 11. The van der Waals surface area contributed by atoms with E-state index < -0.39 is 10.0 Å². The minimum absolute atomic E-state index is 0.115. The summed E-state index contributed by atoms with van der Waals surface area (Å²) in [5.74, 6) is 0.518. The first-order chi connectivity index (χ1) is 13.4. The normalized spacial score (nSPS) is 11.1. The van der Waals surface area contributed by atoms with Crippen LogP contribution in [0.2, 0.25) is 0 Å². The Bertz CT molecular complexity index is 849. The number of nitrogens with one attached hydrogen (secondary N) is 2. The molecule has 2 aromatic rings. The molecule has 0 aliphatic carbocycles. The SMILES string of the molecule is CCCOc1ccc(S(=O)(=O)Nc2ccc(CC(=O)NCCOC)cc2)cc1. The van der Waals surface area contributed by atoms with Crippen LogP contribution in [0.15, 0.2) is 53.4 Å². The van der Waals surface area contributed by atoms with Gasteiger partial charge in [0, 0.05) is 19.3 Å². The van der Waals surface area contributed by atoms with E-state index in [1.807, 2.05) is 6.92 Å². The fraction of sp³-hybridized carbons (Fsp3) is 0.350. The van der Waals surface area contributed by atoms with Crippen molar-refractivity contribution in [3.8, 4) is 5.75 Å². The lowest BCUT2D eigenvalue weighted by molar-refractivity contribution is -0.120. The van der Waals surface area contributed by atoms with Crippen LogP contribution in [-0.4, -0.2) is 41.2 Å². The molecule has 0 aromatic heterocycles. The fourth-order valence-electron chi connectivity index (χ4n) is 2.38. The summed E-state index contributed by atoms with van der Waals surface area (Å²) in [5, 5.41) is 2.74. The molecule has 0 aliphatic heterocycles. The van der Waals surface area contributed by atoms with Gasteiger partial charge in [0.2, 0.25) is 5.91 Å². The summed E-state index contributed by atoms with van der Waals surface area (Å²) in [5.41, 5.74) is 1.21. The predicted molar refractivity (Wildman–Crippen MR) is 108 cm³/mol. The number of methoxy groups -OCH3 is 1. The Morgan fingerprint density at radius 1 is 1.00 bits per heavy atom. The predicted octanol–water partition coefficient (Wildman–Crippen LogP) is 2.58. The average molecular weight is 407 g/mol. The van der Waals surface area contributed by atoms with Crippen molar-refractivity contribution in [2.45, 2.75) is 24.7 Å². The maximum atomic E-state index is 12.5. The van der Waals surface area contributed by atoms with Crippen LogP contribution in [0.1, 0.15) is 18.9 Å². The van der Waals surface area contributed by atoms with Gasteiger partial charge >= 0.3 is 0 Å². The van der Waals surface area contributed by atoms with Gasteiger partial charge in [-0.2, -0.15) is 0 Å². The second kappa shape index (κ2) is 10.7. The topological polar surface area (TPSA) is 93.7 Å². The number of amides is 1. The first-order valence-corrected chi connectivity index (χ1v) is 10.5. The lowest BCUT2D eigenvalue weighted by Crippen LogP contribution is -2.28. The fourth-order valence-corrected chi connectivity index (χ4v) is 3.44. The van der Waals surface area contributed by atoms with Crippen LogP contribution in [0.4, 0.5) is 5.69 Å². The molecular weight excluding hydrogens is 380 g/mol. The molecular formula is C20H26N2O5S. The number of sulfonamides is 1. The molecule has 0 atom stereocenters. The highest BCUT2D eigenvalue weighted by Gasteiger charge is 2.14. The Hall–Kier alpha value is -2.58. The Balaban J connectivity index is 1.95. The molecule has 0 aliphatic rings. The number of ether oxygens (including phenoxy) is 2. The third-order valence-corrected chi connectivity index (χ3v) is 5.20. The van der Waals surface area contributed by atoms with Crippen molar-refractivity contribution in [3.05, 3.63) is 54.1 Å². The van der Waals surface area contributed by atoms with Crippen molar-refractivity contribution in [1.82, 2.24) is 5.32 Å². The molecule has 2 aromatic carbocycles. The number of hydrogen-bond acceptors (Lipinski definition) is 5. The summed E-state index contributed by atoms with van der Waals surface area (Å²) >= 11 is 0. The largest absolute Gasteiger partial charge is 0.494 e. The molecule has 0 unspecified atom stereocenters. The van der Waals surface area contributed by atoms with Gasteiger partial charge in [0.05, 0.1) is 24.5 Å². The van der Waals surface area contributed by atoms with E-state index in [2.05, 4.69) is 10.0 Å². The highest BCUT2D eigenvalue weighted by atomic mass is 32.2. The molecule has 0 saturated carbocycles. The molecule has 7 nitrogen and oxygen atoms in total. The van der Waals surface area contributed by atoms with Gasteiger partial charge in [0.1, 0.15) is 5.75 Å². The summed E-state index contributed by atoms with van der Waals surface area (Å²) in [4.78, 5) is 11.9. The van der Waals surface area contributed by atoms with E-state index >= 15 is 0 Å². The Morgan fingerprint density at radius 2 is 1.68 bits per heavy atom. The maximum Gasteiger partial charge on any atom is 0.261 e. The van der Waals surface area contributed by atoms with Gasteiger partial charge in [-0.3, -0.25) is 9.52 Å². The summed E-state index contributed by atoms with van der Waals surface area (Å²) in [6.45, 7) is 3.50. The summed E-state index contributed by atoms with van der Waals surface area (Å²) in [7, 11) is -2.13. The van der Waals surface area contributed by atoms with E-state index in [1.54, 1.807) is 43.5 Å². The Morgan fingerprint density at radius 3 is 2.29 bits per heavy atom. The van der Waals surface area contributed by atoms with Crippen LogP contribution in [-0.2, 0) is 26.0 Å². The number of benzene rings is 2. The molecule has 152 valence electrons. The molecule has 2 N–H and O–H groups in total. The van der Waals surface area contributed by atoms with Crippen LogP contribution in [0.3, 0.4) is 0 Å². The molecule has 8 heteroatoms. The van der Waals surface area contributed by atoms with Crippen molar-refractivity contribution in [2.75, 3.05) is 31.6 Å². The van der Waals surface area contributed by atoms with E-state index in [1.165, 1.54) is 12.1 Å². The summed E-state index contributed by atoms with van der Waals surface area (Å²) in [6.07, 6.45) is 1.10. The average Bonchev–Trinajstić information content (AvgIpc) is 2.68. The molecule has 0 bridgehead atoms. The molecule has 0 fully saturated rings. The smallest absolute Gasteiger partial charge is 0.261 e. The van der Waals surface area contributed by atoms with Crippen LogP contribution in [0, 0.1) is 0 Å². The zero-order chi connectivity index (χ0) is 20.4. The minimum atomic E-state index is -3.70. The second-order valence-electron chi connectivity index (χ2n) is 6.14. The van der Waals surface area contributed by atoms with Crippen LogP contribution in [0.25, 0.3) is 0 Å². The molecule has 1 amide bonds. The van der Waals surface area contributed by atoms with Gasteiger partial charge in [0.15, 0.2) is 0 Å². The van der Waals surface area contributed by atoms with Crippen LogP contribution >= 0.6 is 0 Å². The van der Waals surface area contributed by atoms with Crippen molar-refractivity contribution in [1.29, 1.82) is 0 Å². The third kappa shape index (κ3) is 6.86. The van der Waals surface area contributed by atoms with E-state index in [0.717, 1.165) is 12.0 Å². The molecule has 0 radical (unpaired) electrons. The van der Waals surface area contributed by atoms with Crippen molar-refractivity contribution in [2.24, 2.45) is 0 Å². The first-order valence-electron chi connectivity index (χ1n) is 9.05. The number of carbonyl (C=O) groups is 1. The molecule has 2 rings (SSSR count). The minimum Gasteiger partial charge on any atom is -0.494 e. The number of carbonyl (C=O) groups excluding carboxylic acids is 1. The van der Waals surface area contributed by atoms with E-state index in [0.29, 0.717) is 31.2 Å². The van der Waals surface area contributed by atoms with Gasteiger partial charge in [-0.05, 0) is 48.4 Å². The monoisotopic (exact) mass is 406 g/mol. The summed E-state index contributed by atoms with van der Waals surface area (Å²) in [6, 6.07) is 13.0. The zero-order valence-corrected chi connectivity index (χ0v) is 16.9. The van der Waals surface area contributed by atoms with E-state index in [4.69, 9.17) is 9.47 Å². The van der Waals surface area contributed by atoms with E-state index in [9.17, 15) is 13.2 Å². The van der Waals surface area contributed by atoms with Crippen LogP contribution < -0.4 is 14.8 Å². The first kappa shape index (κ1) is 21.7. The molecule has 0 saturated heterocycles. The lowest BCUT2D eigenvalue weighted by Gasteiger charge is -2.10. The maximum absolute atomic E-state index is 12.5. The van der Waals surface area contributed by atoms with Gasteiger partial charge in [-0.25, -0.2) is 8.42 Å². The van der Waals surface area contributed by atoms with E-state index in [-0.39, 0.29) is 17.2 Å². The van der Waals surface area contributed by atoms with Crippen LogP contribution in [0.5, 0.6) is 5.75 Å². The van der Waals surface area contributed by atoms with Gasteiger partial charge in [0.25, 0.3) is 10.0 Å². The highest BCUT2D eigenvalue weighted by Crippen LogP contribution is 2.20.